The number of pyridine rings is 1. The zero-order valence-electron chi connectivity index (χ0n) is 8.66. The Morgan fingerprint density at radius 2 is 2.00 bits per heavy atom. The van der Waals surface area contributed by atoms with Crippen molar-refractivity contribution in [3.05, 3.63) is 6.07 Å². The summed E-state index contributed by atoms with van der Waals surface area (Å²) in [5, 5.41) is -0.953. The van der Waals surface area contributed by atoms with Crippen molar-refractivity contribution in [2.45, 2.75) is 11.4 Å². The highest BCUT2D eigenvalue weighted by atomic mass is 35.7. The molecule has 0 aliphatic carbocycles. The Bertz CT molecular complexity index is 561. The molecule has 1 rings (SSSR count). The van der Waals surface area contributed by atoms with E-state index in [1.165, 1.54) is 0 Å². The molecular weight excluding hydrogens is 301 g/mol. The largest absolute Gasteiger partial charge is 0.574 e. The highest BCUT2D eigenvalue weighted by Gasteiger charge is 2.33. The molecule has 0 aliphatic heterocycles. The first-order valence-electron chi connectivity index (χ1n) is 4.09. The molecule has 2 N–H and O–H groups in total. The average molecular weight is 307 g/mol. The molecule has 0 radical (unpaired) electrons. The molecule has 1 aromatic rings. The van der Waals surface area contributed by atoms with Gasteiger partial charge in [0.25, 0.3) is 9.05 Å². The summed E-state index contributed by atoms with van der Waals surface area (Å²) in [5.74, 6) is -1.51. The van der Waals surface area contributed by atoms with E-state index >= 15 is 0 Å². The molecule has 0 amide bonds. The van der Waals surface area contributed by atoms with Gasteiger partial charge in [-0.1, -0.05) is 0 Å². The van der Waals surface area contributed by atoms with Gasteiger partial charge in [-0.05, 0) is 0 Å². The number of nitrogen functional groups attached to an aromatic ring is 1. The first-order valence-corrected chi connectivity index (χ1v) is 6.40. The second kappa shape index (κ2) is 4.69. The summed E-state index contributed by atoms with van der Waals surface area (Å²) in [6, 6.07) is 0.665. The normalized spacial score (nSPS) is 12.3. The van der Waals surface area contributed by atoms with E-state index in [0.29, 0.717) is 6.07 Å². The van der Waals surface area contributed by atoms with Crippen LogP contribution in [0.3, 0.4) is 0 Å². The Balaban J connectivity index is 3.41. The summed E-state index contributed by atoms with van der Waals surface area (Å²) in [5.41, 5.74) is 4.90. The standard InChI is InChI=1S/C7H6ClF3N2O4S/c1-16-5-3(12)2-4(17-7(9,10)11)13-6(5)18(8,14)15/h2H,1H3,(H2,12,13). The van der Waals surface area contributed by atoms with Crippen LogP contribution in [0.4, 0.5) is 18.9 Å². The maximum Gasteiger partial charge on any atom is 0.574 e. The third-order valence-electron chi connectivity index (χ3n) is 1.60. The lowest BCUT2D eigenvalue weighted by atomic mass is 10.4. The van der Waals surface area contributed by atoms with Crippen LogP contribution in [-0.4, -0.2) is 26.9 Å². The van der Waals surface area contributed by atoms with Crippen LogP contribution in [0.25, 0.3) is 0 Å². The van der Waals surface area contributed by atoms with E-state index in [-0.39, 0.29) is 0 Å². The van der Waals surface area contributed by atoms with Gasteiger partial charge in [0.2, 0.25) is 10.9 Å². The van der Waals surface area contributed by atoms with E-state index in [9.17, 15) is 21.6 Å². The number of anilines is 1. The number of aromatic nitrogens is 1. The van der Waals surface area contributed by atoms with Crippen LogP contribution in [0.5, 0.6) is 11.6 Å². The third kappa shape index (κ3) is 3.53. The molecule has 11 heteroatoms. The minimum absolute atomic E-state index is 0.411. The summed E-state index contributed by atoms with van der Waals surface area (Å²) in [4.78, 5) is 3.09. The van der Waals surface area contributed by atoms with Gasteiger partial charge in [0, 0.05) is 16.7 Å². The topological polar surface area (TPSA) is 91.5 Å². The van der Waals surface area contributed by atoms with Crippen LogP contribution in [0, 0.1) is 0 Å². The molecular formula is C7H6ClF3N2O4S. The molecule has 0 saturated heterocycles. The molecule has 0 aliphatic rings. The molecule has 0 aromatic carbocycles. The second-order valence-corrected chi connectivity index (χ2v) is 5.36. The van der Waals surface area contributed by atoms with Gasteiger partial charge in [0.15, 0.2) is 5.75 Å². The molecule has 0 bridgehead atoms. The predicted molar refractivity (Wildman–Crippen MR) is 54.9 cm³/mol. The number of methoxy groups -OCH3 is 1. The monoisotopic (exact) mass is 306 g/mol. The summed E-state index contributed by atoms with van der Waals surface area (Å²) in [6.07, 6.45) is -5.04. The van der Waals surface area contributed by atoms with Gasteiger partial charge in [0.05, 0.1) is 12.8 Å². The highest BCUT2D eigenvalue weighted by molar-refractivity contribution is 8.13. The second-order valence-electron chi connectivity index (χ2n) is 2.87. The van der Waals surface area contributed by atoms with Crippen molar-refractivity contribution >= 4 is 25.4 Å². The van der Waals surface area contributed by atoms with Crippen LogP contribution in [0.2, 0.25) is 0 Å². The van der Waals surface area contributed by atoms with Crippen LogP contribution >= 0.6 is 10.7 Å². The quantitative estimate of drug-likeness (QED) is 0.851. The van der Waals surface area contributed by atoms with E-state index in [4.69, 9.17) is 16.4 Å². The molecule has 6 nitrogen and oxygen atoms in total. The first-order chi connectivity index (χ1) is 8.04. The zero-order chi connectivity index (χ0) is 14.1. The third-order valence-corrected chi connectivity index (χ3v) is 2.78. The molecule has 1 aromatic heterocycles. The van der Waals surface area contributed by atoms with Gasteiger partial charge >= 0.3 is 6.36 Å². The lowest BCUT2D eigenvalue weighted by molar-refractivity contribution is -0.276. The Kier molecular flexibility index (Phi) is 3.81. The van der Waals surface area contributed by atoms with Crippen LogP contribution in [-0.2, 0) is 9.05 Å². The SMILES string of the molecule is COc1c(N)cc(OC(F)(F)F)nc1S(=O)(=O)Cl. The molecule has 0 atom stereocenters. The van der Waals surface area contributed by atoms with E-state index in [1.807, 2.05) is 0 Å². The van der Waals surface area contributed by atoms with E-state index in [1.54, 1.807) is 0 Å². The van der Waals surface area contributed by atoms with Crippen molar-refractivity contribution < 1.29 is 31.1 Å². The number of nitrogens with zero attached hydrogens (tertiary/aromatic N) is 1. The smallest absolute Gasteiger partial charge is 0.492 e. The van der Waals surface area contributed by atoms with E-state index in [2.05, 4.69) is 14.5 Å². The number of halogens is 4. The van der Waals surface area contributed by atoms with Gasteiger partial charge in [-0.3, -0.25) is 0 Å². The number of rotatable bonds is 3. The minimum atomic E-state index is -5.04. The van der Waals surface area contributed by atoms with Crippen LogP contribution in [0.15, 0.2) is 11.1 Å². The molecule has 0 unspecified atom stereocenters. The highest BCUT2D eigenvalue weighted by Crippen LogP contribution is 2.35. The van der Waals surface area contributed by atoms with Gasteiger partial charge in [-0.25, -0.2) is 8.42 Å². The maximum atomic E-state index is 12.0. The summed E-state index contributed by atoms with van der Waals surface area (Å²) >= 11 is 0. The summed E-state index contributed by atoms with van der Waals surface area (Å²) in [6.45, 7) is 0. The fourth-order valence-electron chi connectivity index (χ4n) is 1.05. The fraction of sp³-hybridized carbons (Fsp3) is 0.286. The number of hydrogen-bond acceptors (Lipinski definition) is 6. The van der Waals surface area contributed by atoms with Crippen molar-refractivity contribution in [3.8, 4) is 11.6 Å². The van der Waals surface area contributed by atoms with Crippen molar-refractivity contribution in [1.29, 1.82) is 0 Å². The van der Waals surface area contributed by atoms with Crippen LogP contribution in [0.1, 0.15) is 0 Å². The molecule has 0 saturated carbocycles. The molecule has 0 fully saturated rings. The summed E-state index contributed by atoms with van der Waals surface area (Å²) < 4.78 is 66.2. The van der Waals surface area contributed by atoms with Crippen molar-refractivity contribution in [3.63, 3.8) is 0 Å². The lowest BCUT2D eigenvalue weighted by Crippen LogP contribution is -2.19. The van der Waals surface area contributed by atoms with Gasteiger partial charge in [-0.2, -0.15) is 4.98 Å². The Morgan fingerprint density at radius 3 is 2.39 bits per heavy atom. The zero-order valence-corrected chi connectivity index (χ0v) is 10.2. The van der Waals surface area contributed by atoms with Gasteiger partial charge < -0.3 is 15.2 Å². The van der Waals surface area contributed by atoms with Crippen molar-refractivity contribution in [2.75, 3.05) is 12.8 Å². The number of alkyl halides is 3. The molecule has 0 spiro atoms. The number of hydrogen-bond donors (Lipinski definition) is 1. The number of ether oxygens (including phenoxy) is 2. The van der Waals surface area contributed by atoms with Crippen molar-refractivity contribution in [1.82, 2.24) is 4.98 Å². The van der Waals surface area contributed by atoms with Gasteiger partial charge in [-0.15, -0.1) is 13.2 Å². The minimum Gasteiger partial charge on any atom is -0.492 e. The molecule has 18 heavy (non-hydrogen) atoms. The average Bonchev–Trinajstić information content (AvgIpc) is 2.12. The Hall–Kier alpha value is -1.42. The van der Waals surface area contributed by atoms with Gasteiger partial charge in [0.1, 0.15) is 0 Å². The fourth-order valence-corrected chi connectivity index (χ4v) is 1.98. The Morgan fingerprint density at radius 1 is 1.44 bits per heavy atom. The van der Waals surface area contributed by atoms with Crippen LogP contribution < -0.4 is 15.2 Å². The predicted octanol–water partition coefficient (Wildman–Crippen LogP) is 1.50. The number of nitrogens with two attached hydrogens (primary N) is 1. The molecule has 1 heterocycles. The Labute approximate surface area is 104 Å². The molecule has 102 valence electrons. The first kappa shape index (κ1) is 14.6. The van der Waals surface area contributed by atoms with E-state index < -0.39 is 37.8 Å². The van der Waals surface area contributed by atoms with Crippen molar-refractivity contribution in [2.24, 2.45) is 0 Å². The van der Waals surface area contributed by atoms with E-state index in [0.717, 1.165) is 7.11 Å². The summed E-state index contributed by atoms with van der Waals surface area (Å²) in [7, 11) is 1.62. The maximum absolute atomic E-state index is 12.0. The lowest BCUT2D eigenvalue weighted by Gasteiger charge is -2.12.